The molecule has 9 nitrogen and oxygen atoms in total. The zero-order valence-electron chi connectivity index (χ0n) is 14.9. The SMILES string of the molecule is CCOc1ccc(S(=O)(=O)NCc2nc(OC)nc(N(C)C)n2)cc1F. The Bertz CT molecular complexity index is 876. The number of rotatable bonds is 8. The van der Waals surface area contributed by atoms with Crippen LogP contribution >= 0.6 is 0 Å². The lowest BCUT2D eigenvalue weighted by molar-refractivity contribution is 0.321. The van der Waals surface area contributed by atoms with Crippen LogP contribution in [0.5, 0.6) is 11.8 Å². The van der Waals surface area contributed by atoms with Crippen molar-refractivity contribution < 1.29 is 22.3 Å². The lowest BCUT2D eigenvalue weighted by atomic mass is 10.3. The Balaban J connectivity index is 2.20. The van der Waals surface area contributed by atoms with Gasteiger partial charge in [-0.3, -0.25) is 0 Å². The van der Waals surface area contributed by atoms with Crippen LogP contribution in [0.2, 0.25) is 0 Å². The first kappa shape index (κ1) is 19.8. The Labute approximate surface area is 151 Å². The first-order chi connectivity index (χ1) is 12.3. The van der Waals surface area contributed by atoms with Gasteiger partial charge in [0.05, 0.1) is 25.2 Å². The summed E-state index contributed by atoms with van der Waals surface area (Å²) in [5, 5.41) is 0. The van der Waals surface area contributed by atoms with E-state index in [2.05, 4.69) is 19.7 Å². The maximum absolute atomic E-state index is 13.9. The summed E-state index contributed by atoms with van der Waals surface area (Å²) in [6.07, 6.45) is 0. The molecule has 11 heteroatoms. The van der Waals surface area contributed by atoms with E-state index in [1.165, 1.54) is 19.2 Å². The Morgan fingerprint density at radius 3 is 2.54 bits per heavy atom. The summed E-state index contributed by atoms with van der Waals surface area (Å²) in [5.74, 6) is -0.288. The van der Waals surface area contributed by atoms with Gasteiger partial charge in [-0.1, -0.05) is 0 Å². The Kier molecular flexibility index (Phi) is 6.27. The van der Waals surface area contributed by atoms with E-state index in [9.17, 15) is 12.8 Å². The quantitative estimate of drug-likeness (QED) is 0.716. The number of ether oxygens (including phenoxy) is 2. The van der Waals surface area contributed by atoms with Gasteiger partial charge >= 0.3 is 6.01 Å². The number of aromatic nitrogens is 3. The van der Waals surface area contributed by atoms with Crippen molar-refractivity contribution in [3.05, 3.63) is 29.8 Å². The zero-order chi connectivity index (χ0) is 19.3. The van der Waals surface area contributed by atoms with Gasteiger partial charge in [0, 0.05) is 14.1 Å². The topological polar surface area (TPSA) is 107 Å². The van der Waals surface area contributed by atoms with E-state index >= 15 is 0 Å². The number of sulfonamides is 1. The second kappa shape index (κ2) is 8.23. The Hall–Kier alpha value is -2.53. The molecule has 0 bridgehead atoms. The number of anilines is 1. The molecular weight excluding hydrogens is 365 g/mol. The fourth-order valence-corrected chi connectivity index (χ4v) is 2.91. The molecule has 1 N–H and O–H groups in total. The predicted molar refractivity (Wildman–Crippen MR) is 92.3 cm³/mol. The molecule has 2 aromatic rings. The number of halogens is 1. The largest absolute Gasteiger partial charge is 0.491 e. The summed E-state index contributed by atoms with van der Waals surface area (Å²) in [6, 6.07) is 3.48. The molecule has 1 aromatic heterocycles. The highest BCUT2D eigenvalue weighted by molar-refractivity contribution is 7.89. The van der Waals surface area contributed by atoms with Crippen molar-refractivity contribution in [2.75, 3.05) is 32.7 Å². The number of nitrogens with zero attached hydrogens (tertiary/aromatic N) is 4. The van der Waals surface area contributed by atoms with Crippen LogP contribution in [0.3, 0.4) is 0 Å². The summed E-state index contributed by atoms with van der Waals surface area (Å²) in [7, 11) is 0.884. The van der Waals surface area contributed by atoms with E-state index in [1.807, 2.05) is 0 Å². The number of benzene rings is 1. The summed E-state index contributed by atoms with van der Waals surface area (Å²) >= 11 is 0. The average molecular weight is 385 g/mol. The van der Waals surface area contributed by atoms with E-state index in [0.717, 1.165) is 6.07 Å². The van der Waals surface area contributed by atoms with Crippen LogP contribution < -0.4 is 19.1 Å². The van der Waals surface area contributed by atoms with Gasteiger partial charge in [-0.05, 0) is 25.1 Å². The number of methoxy groups -OCH3 is 1. The highest BCUT2D eigenvalue weighted by atomic mass is 32.2. The van der Waals surface area contributed by atoms with Gasteiger partial charge in [-0.2, -0.15) is 15.0 Å². The van der Waals surface area contributed by atoms with Gasteiger partial charge in [0.1, 0.15) is 0 Å². The van der Waals surface area contributed by atoms with Crippen molar-refractivity contribution in [3.63, 3.8) is 0 Å². The fraction of sp³-hybridized carbons (Fsp3) is 0.400. The van der Waals surface area contributed by atoms with Crippen molar-refractivity contribution in [2.24, 2.45) is 0 Å². The van der Waals surface area contributed by atoms with Gasteiger partial charge in [-0.25, -0.2) is 17.5 Å². The fourth-order valence-electron chi connectivity index (χ4n) is 1.92. The summed E-state index contributed by atoms with van der Waals surface area (Å²) in [4.78, 5) is 13.6. The van der Waals surface area contributed by atoms with Crippen molar-refractivity contribution in [3.8, 4) is 11.8 Å². The molecule has 0 aliphatic rings. The van der Waals surface area contributed by atoms with E-state index in [-0.39, 0.29) is 35.6 Å². The van der Waals surface area contributed by atoms with Gasteiger partial charge in [0.25, 0.3) is 0 Å². The molecule has 1 aromatic carbocycles. The minimum atomic E-state index is -3.97. The van der Waals surface area contributed by atoms with Crippen LogP contribution in [0, 0.1) is 5.82 Å². The molecule has 0 saturated carbocycles. The molecule has 0 saturated heterocycles. The monoisotopic (exact) mass is 385 g/mol. The highest BCUT2D eigenvalue weighted by Crippen LogP contribution is 2.21. The third kappa shape index (κ3) is 4.76. The standard InChI is InChI=1S/C15H20FN5O4S/c1-5-25-12-7-6-10(8-11(12)16)26(22,23)17-9-13-18-14(21(2)3)20-15(19-13)24-4/h6-8,17H,5,9H2,1-4H3. The third-order valence-electron chi connectivity index (χ3n) is 3.17. The van der Waals surface area contributed by atoms with Crippen molar-refractivity contribution in [1.82, 2.24) is 19.7 Å². The third-order valence-corrected chi connectivity index (χ3v) is 4.56. The van der Waals surface area contributed by atoms with E-state index in [4.69, 9.17) is 9.47 Å². The van der Waals surface area contributed by atoms with Crippen LogP contribution in [0.1, 0.15) is 12.7 Å². The molecule has 142 valence electrons. The second-order valence-corrected chi connectivity index (χ2v) is 7.05. The lowest BCUT2D eigenvalue weighted by Crippen LogP contribution is -2.25. The predicted octanol–water partition coefficient (Wildman–Crippen LogP) is 0.963. The summed E-state index contributed by atoms with van der Waals surface area (Å²) in [5.41, 5.74) is 0. The molecule has 1 heterocycles. The normalized spacial score (nSPS) is 11.3. The van der Waals surface area contributed by atoms with Gasteiger partial charge < -0.3 is 14.4 Å². The van der Waals surface area contributed by atoms with Gasteiger partial charge in [0.2, 0.25) is 16.0 Å². The minimum Gasteiger partial charge on any atom is -0.491 e. The van der Waals surface area contributed by atoms with Crippen LogP contribution in [-0.2, 0) is 16.6 Å². The molecule has 26 heavy (non-hydrogen) atoms. The number of hydrogen-bond donors (Lipinski definition) is 1. The van der Waals surface area contributed by atoms with Gasteiger partial charge in [0.15, 0.2) is 17.4 Å². The van der Waals surface area contributed by atoms with Crippen molar-refractivity contribution in [1.29, 1.82) is 0 Å². The Morgan fingerprint density at radius 1 is 1.23 bits per heavy atom. The molecule has 0 aliphatic carbocycles. The first-order valence-corrected chi connectivity index (χ1v) is 9.13. The molecule has 0 unspecified atom stereocenters. The Morgan fingerprint density at radius 2 is 1.96 bits per heavy atom. The van der Waals surface area contributed by atoms with E-state index in [0.29, 0.717) is 5.95 Å². The minimum absolute atomic E-state index is 0.00993. The number of nitrogens with one attached hydrogen (secondary N) is 1. The van der Waals surface area contributed by atoms with Crippen LogP contribution in [0.25, 0.3) is 0 Å². The summed E-state index contributed by atoms with van der Waals surface area (Å²) in [6.45, 7) is 1.77. The van der Waals surface area contributed by atoms with E-state index in [1.54, 1.807) is 25.9 Å². The molecule has 0 radical (unpaired) electrons. The average Bonchev–Trinajstić information content (AvgIpc) is 2.61. The van der Waals surface area contributed by atoms with Crippen LogP contribution in [0.15, 0.2) is 23.1 Å². The molecule has 2 rings (SSSR count). The molecular formula is C15H20FN5O4S. The maximum atomic E-state index is 13.9. The number of hydrogen-bond acceptors (Lipinski definition) is 8. The van der Waals surface area contributed by atoms with Crippen LogP contribution in [0.4, 0.5) is 10.3 Å². The zero-order valence-corrected chi connectivity index (χ0v) is 15.7. The molecule has 0 spiro atoms. The molecule has 0 fully saturated rings. The van der Waals surface area contributed by atoms with E-state index < -0.39 is 15.8 Å². The molecule has 0 aliphatic heterocycles. The summed E-state index contributed by atoms with van der Waals surface area (Å²) < 4.78 is 51.0. The maximum Gasteiger partial charge on any atom is 0.321 e. The van der Waals surface area contributed by atoms with Crippen molar-refractivity contribution >= 4 is 16.0 Å². The van der Waals surface area contributed by atoms with Crippen molar-refractivity contribution in [2.45, 2.75) is 18.4 Å². The first-order valence-electron chi connectivity index (χ1n) is 7.65. The molecule has 0 amide bonds. The second-order valence-electron chi connectivity index (χ2n) is 5.28. The lowest BCUT2D eigenvalue weighted by Gasteiger charge is -2.12. The smallest absolute Gasteiger partial charge is 0.321 e. The van der Waals surface area contributed by atoms with Gasteiger partial charge in [-0.15, -0.1) is 0 Å². The highest BCUT2D eigenvalue weighted by Gasteiger charge is 2.18. The molecule has 0 atom stereocenters. The van der Waals surface area contributed by atoms with Crippen LogP contribution in [-0.4, -0.2) is 51.2 Å².